The molecule has 0 saturated carbocycles. The summed E-state index contributed by atoms with van der Waals surface area (Å²) < 4.78 is 13.7. The number of aryl methyl sites for hydroxylation is 2. The minimum Gasteiger partial charge on any atom is -0.378 e. The molecule has 3 aromatic heterocycles. The van der Waals surface area contributed by atoms with Gasteiger partial charge in [-0.2, -0.15) is 0 Å². The van der Waals surface area contributed by atoms with E-state index in [4.69, 9.17) is 20.3 Å². The molecule has 3 heterocycles. The van der Waals surface area contributed by atoms with Gasteiger partial charge in [0.2, 0.25) is 0 Å². The van der Waals surface area contributed by atoms with Crippen molar-refractivity contribution in [1.82, 2.24) is 19.5 Å². The summed E-state index contributed by atoms with van der Waals surface area (Å²) in [6.07, 6.45) is 6.55. The van der Waals surface area contributed by atoms with E-state index in [2.05, 4.69) is 78.7 Å². The number of nitrogens with two attached hydrogens (primary N) is 1. The monoisotopic (exact) mass is 637 g/mol. The topological polar surface area (TPSA) is 108 Å². The summed E-state index contributed by atoms with van der Waals surface area (Å²) in [5.74, 6) is 6.76. The van der Waals surface area contributed by atoms with Gasteiger partial charge < -0.3 is 14.0 Å². The van der Waals surface area contributed by atoms with Crippen molar-refractivity contribution in [3.05, 3.63) is 58.2 Å². The molecule has 0 spiro atoms. The third-order valence-corrected chi connectivity index (χ3v) is 8.94. The van der Waals surface area contributed by atoms with Crippen molar-refractivity contribution in [2.45, 2.75) is 79.9 Å². The van der Waals surface area contributed by atoms with Gasteiger partial charge in [0.15, 0.2) is 0 Å². The number of benzene rings is 1. The van der Waals surface area contributed by atoms with E-state index in [1.54, 1.807) is 23.5 Å². The average Bonchev–Trinajstić information content (AvgIpc) is 3.59. The summed E-state index contributed by atoms with van der Waals surface area (Å²) in [5, 5.41) is 15.5. The van der Waals surface area contributed by atoms with E-state index in [0.717, 1.165) is 71.1 Å². The fourth-order valence-electron chi connectivity index (χ4n) is 5.84. The van der Waals surface area contributed by atoms with Crippen molar-refractivity contribution < 1.29 is 19.6 Å². The van der Waals surface area contributed by atoms with Crippen LogP contribution >= 0.6 is 11.3 Å². The predicted octanol–water partition coefficient (Wildman–Crippen LogP) is 7.57. The maximum atomic E-state index is 9.35. The number of thiazole rings is 1. The van der Waals surface area contributed by atoms with Crippen molar-refractivity contribution in [3.8, 4) is 22.5 Å². The highest BCUT2D eigenvalue weighted by atomic mass is 32.1. The van der Waals surface area contributed by atoms with Crippen LogP contribution in [0, 0.1) is 11.3 Å². The lowest BCUT2D eigenvalue weighted by Crippen LogP contribution is -2.34. The van der Waals surface area contributed by atoms with Crippen molar-refractivity contribution in [2.75, 3.05) is 33.6 Å². The molecule has 1 aromatic carbocycles. The summed E-state index contributed by atoms with van der Waals surface area (Å²) in [5.41, 5.74) is 7.20. The Kier molecular flexibility index (Phi) is 13.1. The fraction of sp³-hybridized carbons (Fsp3) is 0.543. The third-order valence-electron chi connectivity index (χ3n) is 8.03. The zero-order valence-corrected chi connectivity index (χ0v) is 28.7. The van der Waals surface area contributed by atoms with Gasteiger partial charge in [0.1, 0.15) is 6.73 Å². The van der Waals surface area contributed by atoms with Crippen LogP contribution in [0.3, 0.4) is 0 Å². The van der Waals surface area contributed by atoms with Gasteiger partial charge in [-0.15, -0.1) is 11.3 Å². The molecule has 246 valence electrons. The Labute approximate surface area is 272 Å². The quantitative estimate of drug-likeness (QED) is 0.0356. The number of pyridine rings is 1. The number of hydrogen-bond donors (Lipinski definition) is 2. The number of ether oxygens (including phenoxy) is 2. The normalized spacial score (nSPS) is 12.3. The van der Waals surface area contributed by atoms with E-state index < -0.39 is 0 Å². The standard InChI is InChI=1S/C35H51N5O4S/c1-7-40-32-15-14-26(31-22-45-33(38-31)13-10-18-43-24-39(36)17-9-11-25(2)3)19-28(32)29(20-35(4,5)23-44-41)34(40)27-12-8-16-37-30(27)21-42-6/h8,12,14-16,19,22,25,41H,7,9-11,13,17-18,20-21,23-24,36H2,1-6H3. The minimum absolute atomic E-state index is 0.226. The number of aromatic nitrogens is 3. The lowest BCUT2D eigenvalue weighted by molar-refractivity contribution is -0.259. The van der Waals surface area contributed by atoms with E-state index in [1.807, 2.05) is 12.3 Å². The number of methoxy groups -OCH3 is 1. The van der Waals surface area contributed by atoms with Crippen LogP contribution in [-0.2, 0) is 40.4 Å². The third kappa shape index (κ3) is 9.42. The second kappa shape index (κ2) is 16.7. The first kappa shape index (κ1) is 35.2. The summed E-state index contributed by atoms with van der Waals surface area (Å²) in [4.78, 5) is 14.3. The fourth-order valence-corrected chi connectivity index (χ4v) is 6.69. The van der Waals surface area contributed by atoms with Crippen LogP contribution in [0.4, 0.5) is 0 Å². The van der Waals surface area contributed by atoms with Crippen LogP contribution in [0.1, 0.15) is 70.1 Å². The largest absolute Gasteiger partial charge is 0.378 e. The lowest BCUT2D eigenvalue weighted by Gasteiger charge is -2.24. The smallest absolute Gasteiger partial charge is 0.111 e. The Balaban J connectivity index is 1.57. The highest BCUT2D eigenvalue weighted by molar-refractivity contribution is 7.09. The average molecular weight is 638 g/mol. The number of fused-ring (bicyclic) bond motifs is 1. The molecule has 4 rings (SSSR count). The molecule has 0 atom stereocenters. The minimum atomic E-state index is -0.305. The van der Waals surface area contributed by atoms with Gasteiger partial charge in [-0.3, -0.25) is 16.1 Å². The molecule has 0 radical (unpaired) electrons. The van der Waals surface area contributed by atoms with Crippen molar-refractivity contribution in [1.29, 1.82) is 0 Å². The first-order chi connectivity index (χ1) is 21.7. The Bertz CT molecular complexity index is 1500. The molecule has 10 heteroatoms. The Morgan fingerprint density at radius 2 is 2.00 bits per heavy atom. The summed E-state index contributed by atoms with van der Waals surface area (Å²) in [6.45, 7) is 14.3. The molecule has 9 nitrogen and oxygen atoms in total. The first-order valence-electron chi connectivity index (χ1n) is 16.0. The molecule has 0 unspecified atom stereocenters. The van der Waals surface area contributed by atoms with E-state index in [9.17, 15) is 5.26 Å². The summed E-state index contributed by atoms with van der Waals surface area (Å²) in [6, 6.07) is 10.7. The number of rotatable bonds is 19. The summed E-state index contributed by atoms with van der Waals surface area (Å²) in [7, 11) is 1.70. The molecule has 3 N–H and O–H groups in total. The second-order valence-corrected chi connectivity index (χ2v) is 13.9. The number of hydrazine groups is 1. The molecule has 45 heavy (non-hydrogen) atoms. The molecular weight excluding hydrogens is 586 g/mol. The van der Waals surface area contributed by atoms with Gasteiger partial charge in [-0.05, 0) is 73.8 Å². The van der Waals surface area contributed by atoms with Gasteiger partial charge in [0.25, 0.3) is 0 Å². The summed E-state index contributed by atoms with van der Waals surface area (Å²) >= 11 is 1.69. The van der Waals surface area contributed by atoms with E-state index in [1.165, 1.54) is 17.4 Å². The van der Waals surface area contributed by atoms with Crippen molar-refractivity contribution in [3.63, 3.8) is 0 Å². The lowest BCUT2D eigenvalue weighted by atomic mass is 9.84. The van der Waals surface area contributed by atoms with Crippen LogP contribution in [0.2, 0.25) is 0 Å². The first-order valence-corrected chi connectivity index (χ1v) is 16.9. The highest BCUT2D eigenvalue weighted by Gasteiger charge is 2.27. The Hall–Kier alpha value is -2.70. The van der Waals surface area contributed by atoms with Crippen LogP contribution in [0.15, 0.2) is 41.9 Å². The van der Waals surface area contributed by atoms with Gasteiger partial charge in [0, 0.05) is 66.8 Å². The van der Waals surface area contributed by atoms with Crippen LogP contribution in [0.25, 0.3) is 33.4 Å². The Morgan fingerprint density at radius 3 is 2.73 bits per heavy atom. The van der Waals surface area contributed by atoms with E-state index in [0.29, 0.717) is 32.3 Å². The molecule has 0 aliphatic heterocycles. The van der Waals surface area contributed by atoms with Gasteiger partial charge in [-0.25, -0.2) is 14.9 Å². The van der Waals surface area contributed by atoms with Gasteiger partial charge in [0.05, 0.1) is 35.3 Å². The second-order valence-electron chi connectivity index (χ2n) is 13.0. The van der Waals surface area contributed by atoms with Crippen molar-refractivity contribution >= 4 is 22.2 Å². The molecule has 0 amide bonds. The molecule has 0 aliphatic carbocycles. The molecule has 0 bridgehead atoms. The Morgan fingerprint density at radius 1 is 1.18 bits per heavy atom. The van der Waals surface area contributed by atoms with Crippen LogP contribution in [-0.4, -0.2) is 58.4 Å². The van der Waals surface area contributed by atoms with Crippen molar-refractivity contribution in [2.24, 2.45) is 17.2 Å². The number of hydrogen-bond acceptors (Lipinski definition) is 9. The molecular formula is C35H51N5O4S. The van der Waals surface area contributed by atoms with Crippen LogP contribution < -0.4 is 5.84 Å². The van der Waals surface area contributed by atoms with E-state index >= 15 is 0 Å². The molecule has 4 aromatic rings. The maximum absolute atomic E-state index is 9.35. The molecule has 0 saturated heterocycles. The highest BCUT2D eigenvalue weighted by Crippen LogP contribution is 2.40. The van der Waals surface area contributed by atoms with Crippen LogP contribution in [0.5, 0.6) is 0 Å². The van der Waals surface area contributed by atoms with Gasteiger partial charge in [-0.1, -0.05) is 33.8 Å². The molecule has 0 fully saturated rings. The van der Waals surface area contributed by atoms with E-state index in [-0.39, 0.29) is 12.0 Å². The molecule has 0 aliphatic rings. The number of nitrogens with zero attached hydrogens (tertiary/aromatic N) is 4. The zero-order chi connectivity index (χ0) is 32.4. The maximum Gasteiger partial charge on any atom is 0.111 e. The SMILES string of the molecule is CCn1c(-c2cccnc2COC)c(CC(C)(C)COO)c2cc(-c3csc(CCCOCN(N)CCCC(C)C)n3)ccc21. The van der Waals surface area contributed by atoms with Gasteiger partial charge >= 0.3 is 0 Å². The predicted molar refractivity (Wildman–Crippen MR) is 183 cm³/mol. The zero-order valence-electron chi connectivity index (χ0n) is 27.8.